The van der Waals surface area contributed by atoms with Crippen molar-refractivity contribution < 1.29 is 4.74 Å². The molecule has 16 heavy (non-hydrogen) atoms. The molecule has 84 valence electrons. The Morgan fingerprint density at radius 1 is 1.19 bits per heavy atom. The zero-order valence-corrected chi connectivity index (χ0v) is 9.73. The maximum atomic E-state index is 6.06. The van der Waals surface area contributed by atoms with Crippen LogP contribution in [0, 0.1) is 11.8 Å². The molecule has 1 heteroatoms. The standard InChI is InChI=1S/C15H18O/c1-11-7-8-12-9-14(11)15(16-10-12)13-5-3-2-4-6-13/h2-7,12,14-15H,8-10H2,1H3/t12-,14+,15+/m0/s1. The maximum absolute atomic E-state index is 6.06. The molecule has 0 saturated carbocycles. The van der Waals surface area contributed by atoms with Crippen molar-refractivity contribution in [3.05, 3.63) is 47.5 Å². The number of benzene rings is 1. The van der Waals surface area contributed by atoms with Crippen molar-refractivity contribution in [2.45, 2.75) is 25.9 Å². The van der Waals surface area contributed by atoms with Gasteiger partial charge in [0.05, 0.1) is 12.7 Å². The van der Waals surface area contributed by atoms with Crippen LogP contribution >= 0.6 is 0 Å². The predicted octanol–water partition coefficient (Wildman–Crippen LogP) is 3.73. The second-order valence-corrected chi connectivity index (χ2v) is 5.06. The highest BCUT2D eigenvalue weighted by Crippen LogP contribution is 2.43. The Morgan fingerprint density at radius 3 is 2.81 bits per heavy atom. The van der Waals surface area contributed by atoms with Crippen LogP contribution in [0.2, 0.25) is 0 Å². The lowest BCUT2D eigenvalue weighted by Gasteiger charge is -2.40. The number of hydrogen-bond donors (Lipinski definition) is 0. The molecule has 0 N–H and O–H groups in total. The summed E-state index contributed by atoms with van der Waals surface area (Å²) in [7, 11) is 0. The van der Waals surface area contributed by atoms with Gasteiger partial charge in [-0.05, 0) is 31.2 Å². The third-order valence-electron chi connectivity index (χ3n) is 3.95. The first-order valence-electron chi connectivity index (χ1n) is 6.18. The van der Waals surface area contributed by atoms with Gasteiger partial charge in [0.25, 0.3) is 0 Å². The number of fused-ring (bicyclic) bond motifs is 2. The third-order valence-corrected chi connectivity index (χ3v) is 3.95. The number of ether oxygens (including phenoxy) is 1. The molecule has 1 aromatic carbocycles. The van der Waals surface area contributed by atoms with E-state index in [2.05, 4.69) is 43.3 Å². The smallest absolute Gasteiger partial charge is 0.0890 e. The molecule has 1 heterocycles. The van der Waals surface area contributed by atoms with Gasteiger partial charge in [0.1, 0.15) is 0 Å². The first-order chi connectivity index (χ1) is 7.84. The lowest BCUT2D eigenvalue weighted by molar-refractivity contribution is -0.0512. The molecule has 2 aliphatic rings. The number of rotatable bonds is 1. The number of allylic oxidation sites excluding steroid dienone is 1. The Bertz CT molecular complexity index is 393. The first kappa shape index (κ1) is 10.1. The van der Waals surface area contributed by atoms with Crippen molar-refractivity contribution in [2.24, 2.45) is 11.8 Å². The van der Waals surface area contributed by atoms with E-state index in [9.17, 15) is 0 Å². The fourth-order valence-corrected chi connectivity index (χ4v) is 2.97. The van der Waals surface area contributed by atoms with E-state index >= 15 is 0 Å². The highest BCUT2D eigenvalue weighted by molar-refractivity contribution is 5.23. The van der Waals surface area contributed by atoms with E-state index < -0.39 is 0 Å². The Hall–Kier alpha value is -1.08. The van der Waals surface area contributed by atoms with Gasteiger partial charge in [-0.25, -0.2) is 0 Å². The van der Waals surface area contributed by atoms with Crippen LogP contribution in [0.15, 0.2) is 42.0 Å². The monoisotopic (exact) mass is 214 g/mol. The molecule has 1 aliphatic heterocycles. The Balaban J connectivity index is 1.91. The summed E-state index contributed by atoms with van der Waals surface area (Å²) >= 11 is 0. The van der Waals surface area contributed by atoms with Gasteiger partial charge in [0.15, 0.2) is 0 Å². The average molecular weight is 214 g/mol. The van der Waals surface area contributed by atoms with Crippen molar-refractivity contribution >= 4 is 0 Å². The van der Waals surface area contributed by atoms with Crippen LogP contribution in [0.25, 0.3) is 0 Å². The second-order valence-electron chi connectivity index (χ2n) is 5.06. The lowest BCUT2D eigenvalue weighted by Crippen LogP contribution is -2.32. The van der Waals surface area contributed by atoms with Gasteiger partial charge in [0.2, 0.25) is 0 Å². The van der Waals surface area contributed by atoms with E-state index in [0.717, 1.165) is 12.5 Å². The molecule has 1 fully saturated rings. The molecule has 0 unspecified atom stereocenters. The summed E-state index contributed by atoms with van der Waals surface area (Å²) in [6.07, 6.45) is 5.22. The Kier molecular flexibility index (Phi) is 2.56. The first-order valence-corrected chi connectivity index (χ1v) is 6.18. The van der Waals surface area contributed by atoms with Crippen molar-refractivity contribution in [2.75, 3.05) is 6.61 Å². The molecule has 1 aliphatic carbocycles. The molecule has 0 spiro atoms. The van der Waals surface area contributed by atoms with Crippen molar-refractivity contribution in [3.8, 4) is 0 Å². The van der Waals surface area contributed by atoms with Crippen molar-refractivity contribution in [3.63, 3.8) is 0 Å². The summed E-state index contributed by atoms with van der Waals surface area (Å²) in [6.45, 7) is 3.19. The molecule has 1 nitrogen and oxygen atoms in total. The Morgan fingerprint density at radius 2 is 2.00 bits per heavy atom. The Labute approximate surface area is 97.1 Å². The van der Waals surface area contributed by atoms with E-state index in [-0.39, 0.29) is 6.10 Å². The van der Waals surface area contributed by atoms with Gasteiger partial charge >= 0.3 is 0 Å². The summed E-state index contributed by atoms with van der Waals surface area (Å²) < 4.78 is 6.06. The zero-order chi connectivity index (χ0) is 11.0. The molecular weight excluding hydrogens is 196 g/mol. The van der Waals surface area contributed by atoms with E-state index in [1.165, 1.54) is 24.0 Å². The van der Waals surface area contributed by atoms with Gasteiger partial charge in [-0.15, -0.1) is 0 Å². The highest BCUT2D eigenvalue weighted by atomic mass is 16.5. The number of hydrogen-bond acceptors (Lipinski definition) is 1. The average Bonchev–Trinajstić information content (AvgIpc) is 2.36. The molecule has 3 rings (SSSR count). The summed E-state index contributed by atoms with van der Waals surface area (Å²) in [5.41, 5.74) is 2.85. The molecule has 0 radical (unpaired) electrons. The van der Waals surface area contributed by atoms with Gasteiger partial charge in [-0.1, -0.05) is 42.0 Å². The van der Waals surface area contributed by atoms with E-state index in [0.29, 0.717) is 5.92 Å². The molecular formula is C15H18O. The van der Waals surface area contributed by atoms with Crippen LogP contribution in [-0.2, 0) is 4.74 Å². The summed E-state index contributed by atoms with van der Waals surface area (Å²) in [5, 5.41) is 0. The van der Waals surface area contributed by atoms with Gasteiger partial charge in [-0.2, -0.15) is 0 Å². The summed E-state index contributed by atoms with van der Waals surface area (Å²) in [4.78, 5) is 0. The van der Waals surface area contributed by atoms with Crippen LogP contribution < -0.4 is 0 Å². The molecule has 3 atom stereocenters. The molecule has 0 amide bonds. The SMILES string of the molecule is CC1=CC[C@@H]2CO[C@H](c3ccccc3)[C@@H]1C2. The zero-order valence-electron chi connectivity index (χ0n) is 9.73. The van der Waals surface area contributed by atoms with Gasteiger partial charge in [0, 0.05) is 5.92 Å². The quantitative estimate of drug-likeness (QED) is 0.647. The van der Waals surface area contributed by atoms with Crippen molar-refractivity contribution in [1.29, 1.82) is 0 Å². The van der Waals surface area contributed by atoms with Crippen LogP contribution in [-0.4, -0.2) is 6.61 Å². The summed E-state index contributed by atoms with van der Waals surface area (Å²) in [5.74, 6) is 1.36. The molecule has 1 aromatic rings. The van der Waals surface area contributed by atoms with Crippen LogP contribution in [0.5, 0.6) is 0 Å². The predicted molar refractivity (Wildman–Crippen MR) is 65.1 cm³/mol. The minimum absolute atomic E-state index is 0.286. The largest absolute Gasteiger partial charge is 0.373 e. The van der Waals surface area contributed by atoms with Crippen LogP contribution in [0.1, 0.15) is 31.4 Å². The van der Waals surface area contributed by atoms with Gasteiger partial charge in [-0.3, -0.25) is 0 Å². The van der Waals surface area contributed by atoms with Gasteiger partial charge < -0.3 is 4.74 Å². The minimum Gasteiger partial charge on any atom is -0.373 e. The van der Waals surface area contributed by atoms with E-state index in [1.54, 1.807) is 0 Å². The van der Waals surface area contributed by atoms with E-state index in [1.807, 2.05) is 0 Å². The molecule has 0 aromatic heterocycles. The normalized spacial score (nSPS) is 33.3. The highest BCUT2D eigenvalue weighted by Gasteiger charge is 2.35. The van der Waals surface area contributed by atoms with Crippen LogP contribution in [0.3, 0.4) is 0 Å². The van der Waals surface area contributed by atoms with E-state index in [4.69, 9.17) is 4.74 Å². The molecule has 2 bridgehead atoms. The fraction of sp³-hybridized carbons (Fsp3) is 0.467. The minimum atomic E-state index is 0.286. The van der Waals surface area contributed by atoms with Crippen molar-refractivity contribution in [1.82, 2.24) is 0 Å². The summed E-state index contributed by atoms with van der Waals surface area (Å²) in [6, 6.07) is 10.7. The van der Waals surface area contributed by atoms with Crippen LogP contribution in [0.4, 0.5) is 0 Å². The third kappa shape index (κ3) is 1.69. The molecule has 1 saturated heterocycles. The lowest BCUT2D eigenvalue weighted by atomic mass is 9.75. The second kappa shape index (κ2) is 4.06. The fourth-order valence-electron chi connectivity index (χ4n) is 2.97. The maximum Gasteiger partial charge on any atom is 0.0890 e. The topological polar surface area (TPSA) is 9.23 Å².